The van der Waals surface area contributed by atoms with Crippen molar-refractivity contribution in [2.45, 2.75) is 51.1 Å². The molecule has 0 bridgehead atoms. The molecule has 108 valence electrons. The van der Waals surface area contributed by atoms with Gasteiger partial charge in [-0.15, -0.1) is 0 Å². The van der Waals surface area contributed by atoms with Crippen molar-refractivity contribution < 1.29 is 14.7 Å². The molecule has 0 aliphatic heterocycles. The molecule has 2 aliphatic carbocycles. The number of amides is 1. The minimum Gasteiger partial charge on any atom is -0.481 e. The van der Waals surface area contributed by atoms with Crippen molar-refractivity contribution in [2.75, 3.05) is 13.6 Å². The maximum absolute atomic E-state index is 12.1. The van der Waals surface area contributed by atoms with E-state index >= 15 is 0 Å². The van der Waals surface area contributed by atoms with E-state index < -0.39 is 11.9 Å². The molecule has 0 radical (unpaired) electrons. The number of carbonyl (C=O) groups excluding carboxylic acids is 1. The Bertz CT molecular complexity index is 355. The number of carboxylic acid groups (broad SMARTS) is 1. The molecule has 2 saturated carbocycles. The average Bonchev–Trinajstić information content (AvgIpc) is 3.10. The summed E-state index contributed by atoms with van der Waals surface area (Å²) in [5.41, 5.74) is 0. The number of carbonyl (C=O) groups is 2. The van der Waals surface area contributed by atoms with Gasteiger partial charge >= 0.3 is 5.97 Å². The summed E-state index contributed by atoms with van der Waals surface area (Å²) >= 11 is 0. The second-order valence-electron chi connectivity index (χ2n) is 5.97. The van der Waals surface area contributed by atoms with Crippen molar-refractivity contribution in [1.29, 1.82) is 0 Å². The Morgan fingerprint density at radius 1 is 1.26 bits per heavy atom. The molecule has 0 spiro atoms. The van der Waals surface area contributed by atoms with E-state index in [2.05, 4.69) is 24.2 Å². The zero-order chi connectivity index (χ0) is 14.0. The monoisotopic (exact) mass is 268 g/mol. The van der Waals surface area contributed by atoms with Crippen LogP contribution in [0.15, 0.2) is 0 Å². The third kappa shape index (κ3) is 3.47. The van der Waals surface area contributed by atoms with Gasteiger partial charge in [-0.1, -0.05) is 6.42 Å². The smallest absolute Gasteiger partial charge is 0.307 e. The van der Waals surface area contributed by atoms with Gasteiger partial charge < -0.3 is 10.4 Å². The number of nitrogens with zero attached hydrogens (tertiary/aromatic N) is 1. The van der Waals surface area contributed by atoms with E-state index in [4.69, 9.17) is 5.11 Å². The topological polar surface area (TPSA) is 69.6 Å². The summed E-state index contributed by atoms with van der Waals surface area (Å²) in [6, 6.07) is 0.978. The quantitative estimate of drug-likeness (QED) is 0.756. The van der Waals surface area contributed by atoms with Crippen LogP contribution in [0, 0.1) is 11.8 Å². The second-order valence-corrected chi connectivity index (χ2v) is 5.97. The maximum atomic E-state index is 12.1. The summed E-state index contributed by atoms with van der Waals surface area (Å²) in [6.45, 7) is 2.70. The molecular weight excluding hydrogens is 244 g/mol. The number of hydrogen-bond donors (Lipinski definition) is 2. The molecule has 0 saturated heterocycles. The largest absolute Gasteiger partial charge is 0.481 e. The second kappa shape index (κ2) is 5.90. The zero-order valence-corrected chi connectivity index (χ0v) is 11.8. The van der Waals surface area contributed by atoms with Crippen LogP contribution in [0.2, 0.25) is 0 Å². The van der Waals surface area contributed by atoms with Crippen LogP contribution >= 0.6 is 0 Å². The summed E-state index contributed by atoms with van der Waals surface area (Å²) in [6.07, 6.45) is 4.67. The molecule has 1 amide bonds. The van der Waals surface area contributed by atoms with Crippen LogP contribution < -0.4 is 5.32 Å². The van der Waals surface area contributed by atoms with Crippen molar-refractivity contribution in [2.24, 2.45) is 11.8 Å². The van der Waals surface area contributed by atoms with Crippen molar-refractivity contribution in [3.63, 3.8) is 0 Å². The summed E-state index contributed by atoms with van der Waals surface area (Å²) in [4.78, 5) is 25.4. The predicted molar refractivity (Wildman–Crippen MR) is 71.7 cm³/mol. The number of hydrogen-bond acceptors (Lipinski definition) is 3. The van der Waals surface area contributed by atoms with Crippen molar-refractivity contribution in [1.82, 2.24) is 10.2 Å². The summed E-state index contributed by atoms with van der Waals surface area (Å²) < 4.78 is 0. The van der Waals surface area contributed by atoms with Gasteiger partial charge in [-0.25, -0.2) is 0 Å². The van der Waals surface area contributed by atoms with Crippen LogP contribution in [0.3, 0.4) is 0 Å². The first kappa shape index (κ1) is 14.3. The third-order valence-electron chi connectivity index (χ3n) is 4.56. The molecule has 2 N–H and O–H groups in total. The molecule has 3 unspecified atom stereocenters. The van der Waals surface area contributed by atoms with Crippen LogP contribution in [0.25, 0.3) is 0 Å². The van der Waals surface area contributed by atoms with Crippen LogP contribution in [0.4, 0.5) is 0 Å². The molecule has 0 heterocycles. The predicted octanol–water partition coefficient (Wildman–Crippen LogP) is 1.09. The maximum Gasteiger partial charge on any atom is 0.307 e. The first-order valence-corrected chi connectivity index (χ1v) is 7.23. The van der Waals surface area contributed by atoms with E-state index in [-0.39, 0.29) is 11.8 Å². The Balaban J connectivity index is 1.78. The van der Waals surface area contributed by atoms with Gasteiger partial charge in [-0.2, -0.15) is 0 Å². The molecule has 0 aromatic heterocycles. The van der Waals surface area contributed by atoms with E-state index in [9.17, 15) is 9.59 Å². The van der Waals surface area contributed by atoms with Gasteiger partial charge in [0.15, 0.2) is 0 Å². The number of nitrogens with one attached hydrogen (secondary N) is 1. The number of carboxylic acids is 1. The molecule has 2 aliphatic rings. The molecule has 0 aromatic rings. The van der Waals surface area contributed by atoms with Gasteiger partial charge in [0.1, 0.15) is 0 Å². The van der Waals surface area contributed by atoms with Gasteiger partial charge in [0.05, 0.1) is 11.8 Å². The Hall–Kier alpha value is -1.10. The lowest BCUT2D eigenvalue weighted by Crippen LogP contribution is -2.44. The SMILES string of the molecule is CC(CNC(=O)C1CCCC1C(=O)O)N(C)C1CC1. The number of aliphatic carboxylic acids is 1. The molecule has 0 aromatic carbocycles. The van der Waals surface area contributed by atoms with Crippen LogP contribution in [0.5, 0.6) is 0 Å². The Morgan fingerprint density at radius 3 is 2.47 bits per heavy atom. The van der Waals surface area contributed by atoms with E-state index in [1.807, 2.05) is 0 Å². The Kier molecular flexibility index (Phi) is 4.45. The van der Waals surface area contributed by atoms with Crippen molar-refractivity contribution >= 4 is 11.9 Å². The van der Waals surface area contributed by atoms with E-state index in [0.29, 0.717) is 31.5 Å². The lowest BCUT2D eigenvalue weighted by atomic mass is 9.95. The number of rotatable bonds is 6. The average molecular weight is 268 g/mol. The summed E-state index contributed by atoms with van der Waals surface area (Å²) in [7, 11) is 2.09. The highest BCUT2D eigenvalue weighted by Gasteiger charge is 2.38. The van der Waals surface area contributed by atoms with Crippen LogP contribution in [0.1, 0.15) is 39.0 Å². The standard InChI is InChI=1S/C14H24N2O3/c1-9(16(2)10-6-7-10)8-15-13(17)11-4-3-5-12(11)14(18)19/h9-12H,3-8H2,1-2H3,(H,15,17)(H,18,19). The summed E-state index contributed by atoms with van der Waals surface area (Å²) in [5.74, 6) is -1.74. The van der Waals surface area contributed by atoms with Crippen molar-refractivity contribution in [3.05, 3.63) is 0 Å². The highest BCUT2D eigenvalue weighted by Crippen LogP contribution is 2.32. The minimum absolute atomic E-state index is 0.0825. The van der Waals surface area contributed by atoms with Crippen LogP contribution in [-0.4, -0.2) is 47.6 Å². The number of likely N-dealkylation sites (N-methyl/N-ethyl adjacent to an activating group) is 1. The first-order chi connectivity index (χ1) is 9.00. The van der Waals surface area contributed by atoms with E-state index in [1.165, 1.54) is 12.8 Å². The fourth-order valence-corrected chi connectivity index (χ4v) is 2.93. The fraction of sp³-hybridized carbons (Fsp3) is 0.857. The molecule has 2 rings (SSSR count). The normalized spacial score (nSPS) is 28.4. The third-order valence-corrected chi connectivity index (χ3v) is 4.56. The highest BCUT2D eigenvalue weighted by atomic mass is 16.4. The van der Waals surface area contributed by atoms with Gasteiger partial charge in [0, 0.05) is 18.6 Å². The Morgan fingerprint density at radius 2 is 1.89 bits per heavy atom. The molecule has 19 heavy (non-hydrogen) atoms. The molecule has 5 nitrogen and oxygen atoms in total. The molecule has 5 heteroatoms. The zero-order valence-electron chi connectivity index (χ0n) is 11.8. The minimum atomic E-state index is -0.833. The first-order valence-electron chi connectivity index (χ1n) is 7.23. The van der Waals surface area contributed by atoms with E-state index in [1.54, 1.807) is 0 Å². The highest BCUT2D eigenvalue weighted by molar-refractivity contribution is 5.85. The van der Waals surface area contributed by atoms with Crippen molar-refractivity contribution in [3.8, 4) is 0 Å². The van der Waals surface area contributed by atoms with Gasteiger partial charge in [0.2, 0.25) is 5.91 Å². The molecular formula is C14H24N2O3. The molecule has 2 fully saturated rings. The Labute approximate surface area is 114 Å². The molecule has 3 atom stereocenters. The van der Waals surface area contributed by atoms with Crippen LogP contribution in [-0.2, 0) is 9.59 Å². The lowest BCUT2D eigenvalue weighted by molar-refractivity contribution is -0.146. The fourth-order valence-electron chi connectivity index (χ4n) is 2.93. The lowest BCUT2D eigenvalue weighted by Gasteiger charge is -2.25. The van der Waals surface area contributed by atoms with Gasteiger partial charge in [-0.3, -0.25) is 14.5 Å². The van der Waals surface area contributed by atoms with E-state index in [0.717, 1.165) is 6.42 Å². The summed E-state index contributed by atoms with van der Waals surface area (Å²) in [5, 5.41) is 12.0. The van der Waals surface area contributed by atoms with Gasteiger partial charge in [-0.05, 0) is 39.7 Å². The van der Waals surface area contributed by atoms with Gasteiger partial charge in [0.25, 0.3) is 0 Å².